The van der Waals surface area contributed by atoms with Gasteiger partial charge in [-0.1, -0.05) is 182 Å². The molecule has 280 valence electrons. The molecule has 0 aliphatic carbocycles. The second-order valence-electron chi connectivity index (χ2n) is 14.9. The van der Waals surface area contributed by atoms with Crippen LogP contribution in [0.3, 0.4) is 0 Å². The highest BCUT2D eigenvalue weighted by Gasteiger charge is 2.14. The van der Waals surface area contributed by atoms with E-state index in [0.717, 1.165) is 88.5 Å². The van der Waals surface area contributed by atoms with Gasteiger partial charge in [0.25, 0.3) is 0 Å². The predicted octanol–water partition coefficient (Wildman–Crippen LogP) is 13.8. The van der Waals surface area contributed by atoms with E-state index < -0.39 is 0 Å². The van der Waals surface area contributed by atoms with Crippen molar-refractivity contribution in [3.8, 4) is 78.9 Å². The van der Waals surface area contributed by atoms with Crippen LogP contribution in [0.25, 0.3) is 112 Å². The number of aromatic nitrogens is 5. The van der Waals surface area contributed by atoms with Crippen molar-refractivity contribution in [2.75, 3.05) is 0 Å². The molecule has 0 unspecified atom stereocenters. The van der Waals surface area contributed by atoms with E-state index >= 15 is 0 Å². The highest BCUT2D eigenvalue weighted by atomic mass is 15.0. The van der Waals surface area contributed by atoms with Crippen molar-refractivity contribution >= 4 is 32.6 Å². The van der Waals surface area contributed by atoms with E-state index in [9.17, 15) is 0 Å². The lowest BCUT2D eigenvalue weighted by Crippen LogP contribution is -2.00. The predicted molar refractivity (Wildman–Crippen MR) is 246 cm³/mol. The smallest absolute Gasteiger partial charge is 0.164 e. The van der Waals surface area contributed by atoms with Crippen molar-refractivity contribution in [3.05, 3.63) is 212 Å². The maximum absolute atomic E-state index is 5.22. The van der Waals surface area contributed by atoms with Gasteiger partial charge >= 0.3 is 0 Å². The fourth-order valence-electron chi connectivity index (χ4n) is 7.91. The van der Waals surface area contributed by atoms with Gasteiger partial charge in [0.05, 0.1) is 22.4 Å². The topological polar surface area (TPSA) is 64.5 Å². The van der Waals surface area contributed by atoms with Gasteiger partial charge < -0.3 is 0 Å². The zero-order chi connectivity index (χ0) is 39.8. The molecule has 60 heavy (non-hydrogen) atoms. The SMILES string of the molecule is c1ccc(-c2ccc(-c3nc(-c4ccccc4)nc(-c4ccc5cc(-c6cccc(-c7ccc8ccc9ccc(-c%10ccccc%10)nc9c8n7)c6)ccc5c4)n3)cc2)cc1. The molecule has 5 heteroatoms. The Kier molecular flexibility index (Phi) is 8.75. The minimum atomic E-state index is 0.631. The molecule has 11 rings (SSSR count). The van der Waals surface area contributed by atoms with Gasteiger partial charge in [-0.2, -0.15) is 0 Å². The Labute approximate surface area is 347 Å². The van der Waals surface area contributed by atoms with Gasteiger partial charge in [0.1, 0.15) is 0 Å². The molecule has 0 amide bonds. The maximum atomic E-state index is 5.22. The molecule has 11 aromatic rings. The lowest BCUT2D eigenvalue weighted by molar-refractivity contribution is 1.07. The molecular formula is C55H35N5. The summed E-state index contributed by atoms with van der Waals surface area (Å²) < 4.78 is 0. The normalized spacial score (nSPS) is 11.3. The van der Waals surface area contributed by atoms with E-state index in [0.29, 0.717) is 17.5 Å². The van der Waals surface area contributed by atoms with Crippen LogP contribution in [-0.2, 0) is 0 Å². The van der Waals surface area contributed by atoms with Crippen molar-refractivity contribution in [2.45, 2.75) is 0 Å². The zero-order valence-corrected chi connectivity index (χ0v) is 32.4. The average Bonchev–Trinajstić information content (AvgIpc) is 3.34. The Morgan fingerprint density at radius 1 is 0.200 bits per heavy atom. The van der Waals surface area contributed by atoms with Crippen LogP contribution in [-0.4, -0.2) is 24.9 Å². The first kappa shape index (κ1) is 35.0. The van der Waals surface area contributed by atoms with Crippen molar-refractivity contribution in [1.29, 1.82) is 0 Å². The molecule has 0 saturated carbocycles. The molecule has 8 aromatic carbocycles. The first-order chi connectivity index (χ1) is 29.7. The number of fused-ring (bicyclic) bond motifs is 4. The van der Waals surface area contributed by atoms with Crippen LogP contribution >= 0.6 is 0 Å². The largest absolute Gasteiger partial charge is 0.245 e. The van der Waals surface area contributed by atoms with Crippen molar-refractivity contribution in [1.82, 2.24) is 24.9 Å². The Morgan fingerprint density at radius 2 is 0.567 bits per heavy atom. The summed E-state index contributed by atoms with van der Waals surface area (Å²) in [6.45, 7) is 0. The van der Waals surface area contributed by atoms with Crippen LogP contribution in [0, 0.1) is 0 Å². The molecule has 3 aromatic heterocycles. The highest BCUT2D eigenvalue weighted by Crippen LogP contribution is 2.33. The standard InChI is InChI=1S/C55H35N5/c1-4-11-36(12-5-1)37-19-23-42(24-20-37)54-58-53(41-15-8-3-9-16-41)59-55(60-54)48-28-27-45-33-44(25-26-46(45)35-48)43-17-10-18-47(34-43)50-32-30-40-22-21-39-29-31-49(38-13-6-2-7-14-38)56-51(39)52(40)57-50/h1-35H. The van der Waals surface area contributed by atoms with Crippen LogP contribution < -0.4 is 0 Å². The third kappa shape index (κ3) is 6.74. The second-order valence-corrected chi connectivity index (χ2v) is 14.9. The van der Waals surface area contributed by atoms with Gasteiger partial charge in [-0.25, -0.2) is 24.9 Å². The van der Waals surface area contributed by atoms with E-state index in [1.807, 2.05) is 54.6 Å². The number of rotatable bonds is 7. The van der Waals surface area contributed by atoms with Crippen molar-refractivity contribution in [2.24, 2.45) is 0 Å². The van der Waals surface area contributed by atoms with E-state index in [1.165, 1.54) is 5.56 Å². The monoisotopic (exact) mass is 765 g/mol. The van der Waals surface area contributed by atoms with Crippen LogP contribution in [0.5, 0.6) is 0 Å². The molecule has 0 atom stereocenters. The summed E-state index contributed by atoms with van der Waals surface area (Å²) in [4.78, 5) is 25.3. The second kappa shape index (κ2) is 15.0. The fourth-order valence-corrected chi connectivity index (χ4v) is 7.91. The van der Waals surface area contributed by atoms with Crippen molar-refractivity contribution in [3.63, 3.8) is 0 Å². The van der Waals surface area contributed by atoms with E-state index in [-0.39, 0.29) is 0 Å². The Bertz CT molecular complexity index is 3350. The van der Waals surface area contributed by atoms with Gasteiger partial charge in [0.2, 0.25) is 0 Å². The summed E-state index contributed by atoms with van der Waals surface area (Å²) in [5.74, 6) is 1.91. The summed E-state index contributed by atoms with van der Waals surface area (Å²) in [6.07, 6.45) is 0. The van der Waals surface area contributed by atoms with Crippen molar-refractivity contribution < 1.29 is 0 Å². The lowest BCUT2D eigenvalue weighted by Gasteiger charge is -2.11. The molecule has 0 saturated heterocycles. The summed E-state index contributed by atoms with van der Waals surface area (Å²) in [5, 5.41) is 4.37. The summed E-state index contributed by atoms with van der Waals surface area (Å²) in [7, 11) is 0. The maximum Gasteiger partial charge on any atom is 0.164 e. The van der Waals surface area contributed by atoms with Gasteiger partial charge in [-0.3, -0.25) is 0 Å². The lowest BCUT2D eigenvalue weighted by atomic mass is 9.97. The Balaban J connectivity index is 0.925. The quantitative estimate of drug-likeness (QED) is 0.151. The number of benzene rings is 8. The Hall–Kier alpha value is -8.15. The third-order valence-corrected chi connectivity index (χ3v) is 11.1. The molecular weight excluding hydrogens is 731 g/mol. The van der Waals surface area contributed by atoms with E-state index in [4.69, 9.17) is 24.9 Å². The van der Waals surface area contributed by atoms with Gasteiger partial charge in [0, 0.05) is 38.6 Å². The summed E-state index contributed by atoms with van der Waals surface area (Å²) in [5.41, 5.74) is 13.2. The van der Waals surface area contributed by atoms with Gasteiger partial charge in [-0.05, 0) is 63.4 Å². The third-order valence-electron chi connectivity index (χ3n) is 11.1. The molecule has 0 aliphatic rings. The van der Waals surface area contributed by atoms with E-state index in [2.05, 4.69) is 158 Å². The first-order valence-corrected chi connectivity index (χ1v) is 20.1. The minimum Gasteiger partial charge on any atom is -0.245 e. The summed E-state index contributed by atoms with van der Waals surface area (Å²) >= 11 is 0. The number of hydrogen-bond acceptors (Lipinski definition) is 5. The molecule has 0 radical (unpaired) electrons. The number of nitrogens with zero attached hydrogens (tertiary/aromatic N) is 5. The van der Waals surface area contributed by atoms with Crippen LogP contribution in [0.1, 0.15) is 0 Å². The molecule has 0 aliphatic heterocycles. The molecule has 0 bridgehead atoms. The molecule has 0 N–H and O–H groups in total. The Morgan fingerprint density at radius 3 is 1.18 bits per heavy atom. The van der Waals surface area contributed by atoms with Crippen LogP contribution in [0.4, 0.5) is 0 Å². The first-order valence-electron chi connectivity index (χ1n) is 20.1. The number of pyridine rings is 2. The van der Waals surface area contributed by atoms with Gasteiger partial charge in [-0.15, -0.1) is 0 Å². The molecule has 0 fully saturated rings. The van der Waals surface area contributed by atoms with Crippen LogP contribution in [0.15, 0.2) is 212 Å². The van der Waals surface area contributed by atoms with Crippen LogP contribution in [0.2, 0.25) is 0 Å². The fraction of sp³-hybridized carbons (Fsp3) is 0. The summed E-state index contributed by atoms with van der Waals surface area (Å²) in [6, 6.07) is 73.6. The number of hydrogen-bond donors (Lipinski definition) is 0. The van der Waals surface area contributed by atoms with Gasteiger partial charge in [0.15, 0.2) is 17.5 Å². The molecule has 0 spiro atoms. The zero-order valence-electron chi connectivity index (χ0n) is 32.4. The minimum absolute atomic E-state index is 0.631. The highest BCUT2D eigenvalue weighted by molar-refractivity contribution is 6.04. The molecule has 3 heterocycles. The average molecular weight is 766 g/mol. The molecule has 5 nitrogen and oxygen atoms in total. The van der Waals surface area contributed by atoms with E-state index in [1.54, 1.807) is 0 Å².